The molecule has 96 valence electrons. The number of hydrogen-bond acceptors (Lipinski definition) is 3. The number of carbonyl (C=O) groups excluding carboxylic acids is 1. The zero-order chi connectivity index (χ0) is 13.1. The maximum atomic E-state index is 13.4. The molecule has 0 bridgehead atoms. The third-order valence-corrected chi connectivity index (χ3v) is 3.59. The predicted octanol–water partition coefficient (Wildman–Crippen LogP) is 3.10. The molecule has 0 saturated carbocycles. The summed E-state index contributed by atoms with van der Waals surface area (Å²) in [7, 11) is 0. The van der Waals surface area contributed by atoms with E-state index >= 15 is 0 Å². The number of rotatable bonds is 3. The van der Waals surface area contributed by atoms with E-state index < -0.39 is 6.04 Å². The minimum absolute atomic E-state index is 0.306. The van der Waals surface area contributed by atoms with E-state index in [-0.39, 0.29) is 11.8 Å². The van der Waals surface area contributed by atoms with Gasteiger partial charge < -0.3 is 4.74 Å². The number of hydrogen-bond donors (Lipinski definition) is 0. The van der Waals surface area contributed by atoms with Crippen LogP contribution < -0.4 is 0 Å². The van der Waals surface area contributed by atoms with Crippen LogP contribution in [0, 0.1) is 5.82 Å². The number of esters is 1. The Bertz CT molecular complexity index is 502. The van der Waals surface area contributed by atoms with Crippen LogP contribution in [0.4, 0.5) is 4.39 Å². The lowest BCUT2D eigenvalue weighted by Gasteiger charge is -2.05. The highest BCUT2D eigenvalue weighted by Crippen LogP contribution is 2.26. The van der Waals surface area contributed by atoms with Gasteiger partial charge in [-0.3, -0.25) is 4.99 Å². The zero-order valence-corrected chi connectivity index (χ0v) is 11.5. The van der Waals surface area contributed by atoms with Crippen molar-refractivity contribution in [2.24, 2.45) is 4.99 Å². The Hall–Kier alpha value is -1.23. The second-order valence-electron chi connectivity index (χ2n) is 3.98. The van der Waals surface area contributed by atoms with Crippen LogP contribution in [-0.4, -0.2) is 24.3 Å². The Morgan fingerprint density at radius 1 is 1.61 bits per heavy atom. The summed E-state index contributed by atoms with van der Waals surface area (Å²) in [4.78, 5) is 15.9. The lowest BCUT2D eigenvalue weighted by Crippen LogP contribution is -2.18. The topological polar surface area (TPSA) is 38.7 Å². The number of halogens is 2. The van der Waals surface area contributed by atoms with Crippen molar-refractivity contribution in [3.63, 3.8) is 0 Å². The first-order chi connectivity index (χ1) is 8.63. The molecule has 0 unspecified atom stereocenters. The summed E-state index contributed by atoms with van der Waals surface area (Å²) in [6.45, 7) is 2.12. The molecule has 18 heavy (non-hydrogen) atoms. The molecule has 0 aromatic heterocycles. The third kappa shape index (κ3) is 2.61. The van der Waals surface area contributed by atoms with Crippen molar-refractivity contribution in [1.29, 1.82) is 0 Å². The average molecular weight is 314 g/mol. The van der Waals surface area contributed by atoms with Crippen molar-refractivity contribution >= 4 is 27.6 Å². The van der Waals surface area contributed by atoms with E-state index in [2.05, 4.69) is 20.9 Å². The molecule has 1 aromatic rings. The first-order valence-electron chi connectivity index (χ1n) is 5.81. The van der Waals surface area contributed by atoms with Gasteiger partial charge in [0.25, 0.3) is 0 Å². The van der Waals surface area contributed by atoms with Gasteiger partial charge in [-0.1, -0.05) is 12.1 Å². The van der Waals surface area contributed by atoms with Gasteiger partial charge in [-0.15, -0.1) is 0 Å². The highest BCUT2D eigenvalue weighted by atomic mass is 79.9. The standard InChI is InChI=1S/C13H13BrFNO2/c1-2-18-13(17)11-7-6-10(16-11)8-4-3-5-9(15)12(8)14/h3-5,11H,2,6-7H2,1H3/t11-/m1/s1. The van der Waals surface area contributed by atoms with E-state index in [1.54, 1.807) is 19.1 Å². The quantitative estimate of drug-likeness (QED) is 0.804. The van der Waals surface area contributed by atoms with Gasteiger partial charge in [0.05, 0.1) is 11.1 Å². The highest BCUT2D eigenvalue weighted by molar-refractivity contribution is 9.10. The molecular formula is C13H13BrFNO2. The lowest BCUT2D eigenvalue weighted by atomic mass is 10.1. The number of carbonyl (C=O) groups is 1. The summed E-state index contributed by atoms with van der Waals surface area (Å²) in [6, 6.07) is 4.36. The number of aliphatic imine (C=N–C) groups is 1. The number of ether oxygens (including phenoxy) is 1. The molecule has 0 radical (unpaired) electrons. The van der Waals surface area contributed by atoms with Gasteiger partial charge in [-0.25, -0.2) is 9.18 Å². The van der Waals surface area contributed by atoms with Crippen molar-refractivity contribution in [3.8, 4) is 0 Å². The van der Waals surface area contributed by atoms with Crippen LogP contribution in [-0.2, 0) is 9.53 Å². The van der Waals surface area contributed by atoms with E-state index in [1.165, 1.54) is 6.07 Å². The molecule has 3 nitrogen and oxygen atoms in total. The fourth-order valence-electron chi connectivity index (χ4n) is 1.93. The Kier molecular flexibility index (Phi) is 4.11. The van der Waals surface area contributed by atoms with Crippen LogP contribution in [0.2, 0.25) is 0 Å². The zero-order valence-electron chi connectivity index (χ0n) is 9.95. The maximum Gasteiger partial charge on any atom is 0.330 e. The molecule has 0 amide bonds. The van der Waals surface area contributed by atoms with E-state index in [1.807, 2.05) is 0 Å². The van der Waals surface area contributed by atoms with Crippen LogP contribution in [0.25, 0.3) is 0 Å². The van der Waals surface area contributed by atoms with Crippen LogP contribution in [0.3, 0.4) is 0 Å². The SMILES string of the molecule is CCOC(=O)[C@H]1CCC(c2cccc(F)c2Br)=N1. The van der Waals surface area contributed by atoms with E-state index in [0.29, 0.717) is 29.5 Å². The molecule has 5 heteroatoms. The molecular weight excluding hydrogens is 301 g/mol. The van der Waals surface area contributed by atoms with Crippen molar-refractivity contribution in [3.05, 3.63) is 34.1 Å². The number of nitrogens with zero attached hydrogens (tertiary/aromatic N) is 1. The van der Waals surface area contributed by atoms with E-state index in [0.717, 1.165) is 5.71 Å². The fourth-order valence-corrected chi connectivity index (χ4v) is 2.42. The van der Waals surface area contributed by atoms with Crippen molar-refractivity contribution in [1.82, 2.24) is 0 Å². The molecule has 0 N–H and O–H groups in total. The Morgan fingerprint density at radius 2 is 2.39 bits per heavy atom. The molecule has 0 fully saturated rings. The molecule has 1 heterocycles. The normalized spacial score (nSPS) is 18.6. The first kappa shape index (κ1) is 13.2. The second-order valence-corrected chi connectivity index (χ2v) is 4.78. The van der Waals surface area contributed by atoms with E-state index in [4.69, 9.17) is 4.74 Å². The van der Waals surface area contributed by atoms with Crippen molar-refractivity contribution in [2.45, 2.75) is 25.8 Å². The summed E-state index contributed by atoms with van der Waals surface area (Å²) in [5, 5.41) is 0. The van der Waals surface area contributed by atoms with E-state index in [9.17, 15) is 9.18 Å². The third-order valence-electron chi connectivity index (χ3n) is 2.79. The predicted molar refractivity (Wildman–Crippen MR) is 70.3 cm³/mol. The van der Waals surface area contributed by atoms with Gasteiger partial charge >= 0.3 is 5.97 Å². The Morgan fingerprint density at radius 3 is 3.11 bits per heavy atom. The average Bonchev–Trinajstić information content (AvgIpc) is 2.82. The summed E-state index contributed by atoms with van der Waals surface area (Å²) in [5.41, 5.74) is 1.46. The summed E-state index contributed by atoms with van der Waals surface area (Å²) in [5.74, 6) is -0.630. The Balaban J connectivity index is 2.23. The van der Waals surface area contributed by atoms with Crippen LogP contribution in [0.5, 0.6) is 0 Å². The van der Waals surface area contributed by atoms with Crippen molar-refractivity contribution in [2.75, 3.05) is 6.61 Å². The van der Waals surface area contributed by atoms with Gasteiger partial charge in [0.15, 0.2) is 0 Å². The van der Waals surface area contributed by atoms with Gasteiger partial charge in [-0.05, 0) is 41.8 Å². The Labute approximate surface area is 113 Å². The molecule has 1 atom stereocenters. The molecule has 0 saturated heterocycles. The molecule has 1 aliphatic rings. The monoisotopic (exact) mass is 313 g/mol. The molecule has 2 rings (SSSR count). The van der Waals surface area contributed by atoms with Crippen LogP contribution in [0.1, 0.15) is 25.3 Å². The smallest absolute Gasteiger partial charge is 0.330 e. The number of benzene rings is 1. The van der Waals surface area contributed by atoms with Gasteiger partial charge in [0.2, 0.25) is 0 Å². The molecule has 0 aliphatic carbocycles. The first-order valence-corrected chi connectivity index (χ1v) is 6.60. The largest absolute Gasteiger partial charge is 0.464 e. The molecule has 1 aromatic carbocycles. The minimum Gasteiger partial charge on any atom is -0.464 e. The van der Waals surface area contributed by atoms with Crippen LogP contribution in [0.15, 0.2) is 27.7 Å². The fraction of sp³-hybridized carbons (Fsp3) is 0.385. The second kappa shape index (κ2) is 5.61. The summed E-state index contributed by atoms with van der Waals surface area (Å²) < 4.78 is 18.7. The van der Waals surface area contributed by atoms with Gasteiger partial charge in [0, 0.05) is 11.3 Å². The lowest BCUT2D eigenvalue weighted by molar-refractivity contribution is -0.144. The maximum absolute atomic E-state index is 13.4. The minimum atomic E-state index is -0.449. The highest BCUT2D eigenvalue weighted by Gasteiger charge is 2.27. The summed E-state index contributed by atoms with van der Waals surface area (Å²) >= 11 is 3.21. The molecule has 0 spiro atoms. The van der Waals surface area contributed by atoms with Gasteiger partial charge in [-0.2, -0.15) is 0 Å². The summed E-state index contributed by atoms with van der Waals surface area (Å²) in [6.07, 6.45) is 1.28. The van der Waals surface area contributed by atoms with Gasteiger partial charge in [0.1, 0.15) is 11.9 Å². The van der Waals surface area contributed by atoms with Crippen LogP contribution >= 0.6 is 15.9 Å². The van der Waals surface area contributed by atoms with Crippen molar-refractivity contribution < 1.29 is 13.9 Å². The molecule has 1 aliphatic heterocycles.